The molecule has 8 heteroatoms. The Labute approximate surface area is 126 Å². The Bertz CT molecular complexity index is 616. The number of hydrogen-bond acceptors (Lipinski definition) is 7. The summed E-state index contributed by atoms with van der Waals surface area (Å²) >= 11 is 1.39. The molecule has 0 bridgehead atoms. The maximum atomic E-state index is 12.3. The molecule has 3 heterocycles. The average molecular weight is 304 g/mol. The van der Waals surface area contributed by atoms with Gasteiger partial charge in [-0.3, -0.25) is 9.78 Å². The molecule has 1 saturated heterocycles. The predicted molar refractivity (Wildman–Crippen MR) is 80.2 cm³/mol. The summed E-state index contributed by atoms with van der Waals surface area (Å²) in [6, 6.07) is 0. The third-order valence-electron chi connectivity index (χ3n) is 3.42. The van der Waals surface area contributed by atoms with Gasteiger partial charge in [-0.2, -0.15) is 0 Å². The van der Waals surface area contributed by atoms with Gasteiger partial charge in [-0.25, -0.2) is 4.98 Å². The van der Waals surface area contributed by atoms with E-state index >= 15 is 0 Å². The van der Waals surface area contributed by atoms with Crippen molar-refractivity contribution >= 4 is 28.2 Å². The van der Waals surface area contributed by atoms with Crippen molar-refractivity contribution in [1.29, 1.82) is 0 Å². The molecular formula is C13H16N6OS. The van der Waals surface area contributed by atoms with Gasteiger partial charge in [0.1, 0.15) is 10.8 Å². The molecule has 0 radical (unpaired) electrons. The van der Waals surface area contributed by atoms with E-state index in [0.29, 0.717) is 11.7 Å². The molecule has 1 amide bonds. The lowest BCUT2D eigenvalue weighted by molar-refractivity contribution is -0.120. The number of amides is 1. The molecule has 3 rings (SSSR count). The fourth-order valence-electron chi connectivity index (χ4n) is 2.41. The lowest BCUT2D eigenvalue weighted by Crippen LogP contribution is -2.41. The largest absolute Gasteiger partial charge is 0.355 e. The molecule has 1 atom stereocenters. The maximum absolute atomic E-state index is 12.3. The summed E-state index contributed by atoms with van der Waals surface area (Å²) in [5.41, 5.74) is 0. The topological polar surface area (TPSA) is 83.9 Å². The predicted octanol–water partition coefficient (Wildman–Crippen LogP) is 1.49. The Kier molecular flexibility index (Phi) is 4.05. The summed E-state index contributed by atoms with van der Waals surface area (Å²) in [6.07, 6.45) is 6.89. The second-order valence-corrected chi connectivity index (χ2v) is 6.15. The number of piperidine rings is 1. The Morgan fingerprint density at radius 3 is 3.05 bits per heavy atom. The van der Waals surface area contributed by atoms with Gasteiger partial charge in [0.05, 0.1) is 12.1 Å². The number of aryl methyl sites for hydroxylation is 1. The zero-order valence-corrected chi connectivity index (χ0v) is 12.5. The van der Waals surface area contributed by atoms with E-state index in [0.717, 1.165) is 30.2 Å². The average Bonchev–Trinajstić information content (AvgIpc) is 2.93. The number of carbonyl (C=O) groups is 1. The quantitative estimate of drug-likeness (QED) is 0.925. The van der Waals surface area contributed by atoms with Gasteiger partial charge < -0.3 is 10.2 Å². The molecule has 2 aromatic rings. The van der Waals surface area contributed by atoms with Crippen molar-refractivity contribution in [3.05, 3.63) is 23.6 Å². The Hall–Kier alpha value is -2.09. The highest BCUT2D eigenvalue weighted by atomic mass is 32.1. The van der Waals surface area contributed by atoms with Crippen molar-refractivity contribution in [3.8, 4) is 0 Å². The van der Waals surface area contributed by atoms with Gasteiger partial charge in [0.2, 0.25) is 11.0 Å². The lowest BCUT2D eigenvalue weighted by atomic mass is 9.97. The first-order valence-corrected chi connectivity index (χ1v) is 7.66. The molecule has 1 unspecified atom stereocenters. The fourth-order valence-corrected chi connectivity index (χ4v) is 3.00. The summed E-state index contributed by atoms with van der Waals surface area (Å²) in [6.45, 7) is 3.42. The number of rotatable bonds is 3. The Morgan fingerprint density at radius 1 is 1.43 bits per heavy atom. The molecule has 21 heavy (non-hydrogen) atoms. The van der Waals surface area contributed by atoms with E-state index in [9.17, 15) is 4.79 Å². The van der Waals surface area contributed by atoms with E-state index in [4.69, 9.17) is 0 Å². The molecule has 110 valence electrons. The van der Waals surface area contributed by atoms with Crippen molar-refractivity contribution in [2.75, 3.05) is 23.3 Å². The van der Waals surface area contributed by atoms with Crippen LogP contribution in [0.5, 0.6) is 0 Å². The lowest BCUT2D eigenvalue weighted by Gasteiger charge is -2.32. The SMILES string of the molecule is Cc1nnc(NC(=O)C2CCCN(c3cnccn3)C2)s1. The maximum Gasteiger partial charge on any atom is 0.231 e. The number of aromatic nitrogens is 4. The molecule has 0 aliphatic carbocycles. The van der Waals surface area contributed by atoms with Crippen LogP contribution in [0, 0.1) is 12.8 Å². The zero-order chi connectivity index (χ0) is 14.7. The second-order valence-electron chi connectivity index (χ2n) is 4.96. The van der Waals surface area contributed by atoms with E-state index in [1.807, 2.05) is 6.92 Å². The monoisotopic (exact) mass is 304 g/mol. The van der Waals surface area contributed by atoms with Gasteiger partial charge in [-0.1, -0.05) is 11.3 Å². The molecular weight excluding hydrogens is 288 g/mol. The van der Waals surface area contributed by atoms with Crippen molar-refractivity contribution in [3.63, 3.8) is 0 Å². The van der Waals surface area contributed by atoms with Crippen LogP contribution in [0.25, 0.3) is 0 Å². The molecule has 1 aliphatic heterocycles. The minimum absolute atomic E-state index is 0.000240. The molecule has 2 aromatic heterocycles. The molecule has 0 aromatic carbocycles. The second kappa shape index (κ2) is 6.13. The summed E-state index contributed by atoms with van der Waals surface area (Å²) in [5, 5.41) is 12.1. The van der Waals surface area contributed by atoms with Gasteiger partial charge in [-0.05, 0) is 19.8 Å². The first-order valence-electron chi connectivity index (χ1n) is 6.84. The van der Waals surface area contributed by atoms with Gasteiger partial charge in [0.15, 0.2) is 0 Å². The Morgan fingerprint density at radius 2 is 2.33 bits per heavy atom. The van der Waals surface area contributed by atoms with Crippen LogP contribution in [-0.2, 0) is 4.79 Å². The standard InChI is InChI=1S/C13H16N6OS/c1-9-17-18-13(21-9)16-12(20)10-3-2-6-19(8-10)11-7-14-4-5-15-11/h4-5,7,10H,2-3,6,8H2,1H3,(H,16,18,20). The highest BCUT2D eigenvalue weighted by Gasteiger charge is 2.27. The highest BCUT2D eigenvalue weighted by molar-refractivity contribution is 7.15. The summed E-state index contributed by atoms with van der Waals surface area (Å²) in [5.74, 6) is 0.756. The van der Waals surface area contributed by atoms with E-state index in [1.54, 1.807) is 18.6 Å². The van der Waals surface area contributed by atoms with Crippen molar-refractivity contribution < 1.29 is 4.79 Å². The van der Waals surface area contributed by atoms with Crippen LogP contribution in [0.1, 0.15) is 17.8 Å². The Balaban J connectivity index is 1.64. The third-order valence-corrected chi connectivity index (χ3v) is 4.18. The number of hydrogen-bond donors (Lipinski definition) is 1. The first kappa shape index (κ1) is 13.9. The van der Waals surface area contributed by atoms with Crippen LogP contribution in [0.3, 0.4) is 0 Å². The van der Waals surface area contributed by atoms with Crippen LogP contribution in [-0.4, -0.2) is 39.2 Å². The molecule has 7 nitrogen and oxygen atoms in total. The summed E-state index contributed by atoms with van der Waals surface area (Å²) < 4.78 is 0. The highest BCUT2D eigenvalue weighted by Crippen LogP contribution is 2.23. The van der Waals surface area contributed by atoms with Crippen LogP contribution >= 0.6 is 11.3 Å². The van der Waals surface area contributed by atoms with Crippen molar-refractivity contribution in [2.45, 2.75) is 19.8 Å². The zero-order valence-electron chi connectivity index (χ0n) is 11.7. The number of anilines is 2. The van der Waals surface area contributed by atoms with Crippen LogP contribution in [0.2, 0.25) is 0 Å². The summed E-state index contributed by atoms with van der Waals surface area (Å²) in [7, 11) is 0. The van der Waals surface area contributed by atoms with Gasteiger partial charge in [0.25, 0.3) is 0 Å². The molecule has 0 spiro atoms. The van der Waals surface area contributed by atoms with E-state index in [1.165, 1.54) is 11.3 Å². The number of carbonyl (C=O) groups excluding carboxylic acids is 1. The smallest absolute Gasteiger partial charge is 0.231 e. The normalized spacial score (nSPS) is 18.5. The van der Waals surface area contributed by atoms with Crippen molar-refractivity contribution in [2.24, 2.45) is 5.92 Å². The number of nitrogens with one attached hydrogen (secondary N) is 1. The van der Waals surface area contributed by atoms with Gasteiger partial charge in [-0.15, -0.1) is 10.2 Å². The van der Waals surface area contributed by atoms with Gasteiger partial charge >= 0.3 is 0 Å². The molecule has 1 aliphatic rings. The number of nitrogens with zero attached hydrogens (tertiary/aromatic N) is 5. The molecule has 0 saturated carbocycles. The van der Waals surface area contributed by atoms with Crippen molar-refractivity contribution in [1.82, 2.24) is 20.2 Å². The molecule has 1 N–H and O–H groups in total. The van der Waals surface area contributed by atoms with Gasteiger partial charge in [0, 0.05) is 25.5 Å². The van der Waals surface area contributed by atoms with Crippen LogP contribution < -0.4 is 10.2 Å². The van der Waals surface area contributed by atoms with E-state index < -0.39 is 0 Å². The minimum atomic E-state index is -0.0648. The summed E-state index contributed by atoms with van der Waals surface area (Å²) in [4.78, 5) is 22.8. The molecule has 1 fully saturated rings. The van der Waals surface area contributed by atoms with E-state index in [-0.39, 0.29) is 11.8 Å². The fraction of sp³-hybridized carbons (Fsp3) is 0.462. The minimum Gasteiger partial charge on any atom is -0.355 e. The third kappa shape index (κ3) is 3.33. The van der Waals surface area contributed by atoms with Crippen LogP contribution in [0.15, 0.2) is 18.6 Å². The van der Waals surface area contributed by atoms with E-state index in [2.05, 4.69) is 30.4 Å². The van der Waals surface area contributed by atoms with Crippen LogP contribution in [0.4, 0.5) is 10.9 Å². The first-order chi connectivity index (χ1) is 10.2.